The second kappa shape index (κ2) is 13.6. The van der Waals surface area contributed by atoms with Crippen LogP contribution < -0.4 is 19.9 Å². The number of carbonyl (C=O) groups is 3. The van der Waals surface area contributed by atoms with Gasteiger partial charge in [0.1, 0.15) is 29.6 Å². The Hall–Kier alpha value is -4.55. The number of nitrogens with zero attached hydrogens (tertiary/aromatic N) is 3. The van der Waals surface area contributed by atoms with Crippen LogP contribution in [0.15, 0.2) is 60.7 Å². The normalized spacial score (nSPS) is 20.6. The summed E-state index contributed by atoms with van der Waals surface area (Å²) >= 11 is 0. The number of ether oxygens (including phenoxy) is 1. The standard InChI is InChI=1S/C36H42N4O5/c1-5-20-39(8-4)26-14-17-31-33(23-26)45-32-22-25(38(6-2)7-3)13-16-30(32)36(31)29-12-10-9-11-28(29)35(44)40(36)21-19-37-34(43)18-15-27(42)24-41/h10,12-18,22-23,28-29,41H,5-8,19-21,24H2,1-4H3,(H,37,43)/b18-15-. The number of nitrogens with one attached hydrogen (secondary N) is 1. The molecule has 2 aromatic carbocycles. The highest BCUT2D eigenvalue weighted by Gasteiger charge is 2.62. The van der Waals surface area contributed by atoms with Crippen LogP contribution in [0.4, 0.5) is 11.4 Å². The predicted octanol–water partition coefficient (Wildman–Crippen LogP) is 4.00. The third kappa shape index (κ3) is 5.71. The van der Waals surface area contributed by atoms with E-state index in [0.717, 1.165) is 67.3 Å². The fraction of sp³-hybridized carbons (Fsp3) is 0.417. The molecule has 9 nitrogen and oxygen atoms in total. The van der Waals surface area contributed by atoms with E-state index < -0.39 is 29.8 Å². The molecule has 9 heteroatoms. The number of aliphatic hydroxyl groups is 1. The second-order valence-electron chi connectivity index (χ2n) is 11.4. The summed E-state index contributed by atoms with van der Waals surface area (Å²) in [6.07, 6.45) is 7.02. The number of amides is 2. The average molecular weight is 611 g/mol. The van der Waals surface area contributed by atoms with E-state index in [-0.39, 0.29) is 24.9 Å². The zero-order valence-corrected chi connectivity index (χ0v) is 26.5. The number of hydrogen-bond acceptors (Lipinski definition) is 7. The van der Waals surface area contributed by atoms with Gasteiger partial charge in [0.15, 0.2) is 5.78 Å². The molecule has 2 heterocycles. The van der Waals surface area contributed by atoms with Crippen LogP contribution in [0.5, 0.6) is 11.5 Å². The maximum absolute atomic E-state index is 14.3. The molecule has 236 valence electrons. The number of aliphatic hydroxyl groups excluding tert-OH is 1. The van der Waals surface area contributed by atoms with Crippen LogP contribution in [0.3, 0.4) is 0 Å². The van der Waals surface area contributed by atoms with E-state index in [1.165, 1.54) is 0 Å². The van der Waals surface area contributed by atoms with Crippen molar-refractivity contribution in [2.24, 2.45) is 11.8 Å². The summed E-state index contributed by atoms with van der Waals surface area (Å²) in [4.78, 5) is 44.6. The molecular formula is C36H42N4O5. The van der Waals surface area contributed by atoms with Crippen LogP contribution in [0, 0.1) is 23.7 Å². The van der Waals surface area contributed by atoms with Gasteiger partial charge in [-0.15, -0.1) is 0 Å². The number of benzene rings is 2. The van der Waals surface area contributed by atoms with Gasteiger partial charge in [-0.05, 0) is 51.5 Å². The van der Waals surface area contributed by atoms with Crippen molar-refractivity contribution in [1.29, 1.82) is 0 Å². The summed E-state index contributed by atoms with van der Waals surface area (Å²) in [7, 11) is 0. The van der Waals surface area contributed by atoms with Crippen molar-refractivity contribution >= 4 is 29.0 Å². The van der Waals surface area contributed by atoms with E-state index in [4.69, 9.17) is 9.84 Å². The second-order valence-corrected chi connectivity index (χ2v) is 11.4. The molecule has 0 radical (unpaired) electrons. The van der Waals surface area contributed by atoms with Crippen molar-refractivity contribution in [3.8, 4) is 23.3 Å². The summed E-state index contributed by atoms with van der Waals surface area (Å²) in [6.45, 7) is 11.7. The molecule has 2 aliphatic heterocycles. The van der Waals surface area contributed by atoms with Crippen molar-refractivity contribution in [3.05, 3.63) is 71.8 Å². The quantitative estimate of drug-likeness (QED) is 0.261. The Balaban J connectivity index is 1.65. The molecule has 0 aromatic heterocycles. The molecule has 0 saturated carbocycles. The first-order valence-corrected chi connectivity index (χ1v) is 15.9. The monoisotopic (exact) mass is 610 g/mol. The van der Waals surface area contributed by atoms with Crippen LogP contribution in [-0.4, -0.2) is 73.5 Å². The van der Waals surface area contributed by atoms with Crippen LogP contribution in [0.25, 0.3) is 0 Å². The Morgan fingerprint density at radius 1 is 1.00 bits per heavy atom. The first kappa shape index (κ1) is 31.9. The lowest BCUT2D eigenvalue weighted by molar-refractivity contribution is -0.132. The highest BCUT2D eigenvalue weighted by Crippen LogP contribution is 2.60. The number of carbonyl (C=O) groups excluding carboxylic acids is 3. The number of hydrogen-bond donors (Lipinski definition) is 2. The maximum Gasteiger partial charge on any atom is 0.244 e. The van der Waals surface area contributed by atoms with E-state index >= 15 is 0 Å². The largest absolute Gasteiger partial charge is 0.456 e. The average Bonchev–Trinajstić information content (AvgIpc) is 3.30. The molecule has 1 aliphatic carbocycles. The molecule has 1 fully saturated rings. The lowest BCUT2D eigenvalue weighted by atomic mass is 9.68. The van der Waals surface area contributed by atoms with Crippen LogP contribution in [0.2, 0.25) is 0 Å². The molecular weight excluding hydrogens is 568 g/mol. The number of fused-ring (bicyclic) bond motifs is 6. The molecule has 45 heavy (non-hydrogen) atoms. The SMILES string of the molecule is CCCN(CC)c1ccc2c(c1)Oc1cc(N(CC)CC)ccc1C21C2C=CC#CC2C(=O)N1CCNC(=O)/C=C\C(=O)CO. The lowest BCUT2D eigenvalue weighted by Gasteiger charge is -2.46. The number of ketones is 1. The van der Waals surface area contributed by atoms with Crippen molar-refractivity contribution in [3.63, 3.8) is 0 Å². The van der Waals surface area contributed by atoms with Crippen molar-refractivity contribution < 1.29 is 24.2 Å². The van der Waals surface area contributed by atoms with Gasteiger partial charge in [0, 0.05) is 85.9 Å². The zero-order valence-electron chi connectivity index (χ0n) is 26.5. The fourth-order valence-electron chi connectivity index (χ4n) is 6.92. The van der Waals surface area contributed by atoms with Gasteiger partial charge < -0.3 is 29.9 Å². The molecule has 3 atom stereocenters. The minimum atomic E-state index is -0.925. The minimum Gasteiger partial charge on any atom is -0.456 e. The number of allylic oxidation sites excluding steroid dienone is 1. The highest BCUT2D eigenvalue weighted by atomic mass is 16.5. The molecule has 3 unspecified atom stereocenters. The molecule has 1 saturated heterocycles. The van der Waals surface area contributed by atoms with E-state index in [1.54, 1.807) is 0 Å². The predicted molar refractivity (Wildman–Crippen MR) is 175 cm³/mol. The van der Waals surface area contributed by atoms with Gasteiger partial charge in [-0.2, -0.15) is 0 Å². The number of anilines is 2. The third-order valence-corrected chi connectivity index (χ3v) is 8.98. The molecule has 3 aliphatic rings. The molecule has 0 bridgehead atoms. The summed E-state index contributed by atoms with van der Waals surface area (Å²) < 4.78 is 6.75. The van der Waals surface area contributed by atoms with Gasteiger partial charge in [0.05, 0.1) is 0 Å². The third-order valence-electron chi connectivity index (χ3n) is 8.98. The van der Waals surface area contributed by atoms with Gasteiger partial charge in [-0.1, -0.05) is 37.0 Å². The number of rotatable bonds is 13. The summed E-state index contributed by atoms with van der Waals surface area (Å²) in [6, 6.07) is 12.5. The Bertz CT molecular complexity index is 1580. The van der Waals surface area contributed by atoms with Crippen molar-refractivity contribution in [2.45, 2.75) is 39.7 Å². The first-order chi connectivity index (χ1) is 21.8. The molecule has 1 spiro atoms. The van der Waals surface area contributed by atoms with Gasteiger partial charge in [0.2, 0.25) is 11.8 Å². The van der Waals surface area contributed by atoms with Crippen LogP contribution >= 0.6 is 0 Å². The van der Waals surface area contributed by atoms with Gasteiger partial charge in [-0.3, -0.25) is 14.4 Å². The van der Waals surface area contributed by atoms with Gasteiger partial charge in [0.25, 0.3) is 0 Å². The Morgan fingerprint density at radius 2 is 1.64 bits per heavy atom. The topological polar surface area (TPSA) is 102 Å². The fourth-order valence-corrected chi connectivity index (χ4v) is 6.92. The van der Waals surface area contributed by atoms with E-state index in [9.17, 15) is 14.4 Å². The van der Waals surface area contributed by atoms with Crippen LogP contribution in [0.1, 0.15) is 45.2 Å². The molecule has 2 aromatic rings. The first-order valence-electron chi connectivity index (χ1n) is 15.9. The molecule has 2 N–H and O–H groups in total. The maximum atomic E-state index is 14.3. The summed E-state index contributed by atoms with van der Waals surface area (Å²) in [5, 5.41) is 11.7. The Kier molecular flexibility index (Phi) is 9.64. The van der Waals surface area contributed by atoms with E-state index in [2.05, 4.69) is 91.1 Å². The Morgan fingerprint density at radius 3 is 2.24 bits per heavy atom. The summed E-state index contributed by atoms with van der Waals surface area (Å²) in [5.41, 5.74) is 2.94. The lowest BCUT2D eigenvalue weighted by Crippen LogP contribution is -2.51. The minimum absolute atomic E-state index is 0.103. The molecule has 2 amide bonds. The van der Waals surface area contributed by atoms with Crippen molar-refractivity contribution in [2.75, 3.05) is 55.7 Å². The summed E-state index contributed by atoms with van der Waals surface area (Å²) in [5.74, 6) is 5.62. The van der Waals surface area contributed by atoms with Gasteiger partial charge >= 0.3 is 0 Å². The van der Waals surface area contributed by atoms with Crippen molar-refractivity contribution in [1.82, 2.24) is 10.2 Å². The number of likely N-dealkylation sites (tertiary alicyclic amines) is 1. The van der Waals surface area contributed by atoms with E-state index in [1.807, 2.05) is 17.1 Å². The smallest absolute Gasteiger partial charge is 0.244 e. The molecule has 5 rings (SSSR count). The Labute approximate surface area is 265 Å². The van der Waals surface area contributed by atoms with Gasteiger partial charge in [-0.25, -0.2) is 0 Å². The highest BCUT2D eigenvalue weighted by molar-refractivity contribution is 5.98. The van der Waals surface area contributed by atoms with Crippen LogP contribution in [-0.2, 0) is 19.9 Å². The zero-order chi connectivity index (χ0) is 32.1. The van der Waals surface area contributed by atoms with E-state index in [0.29, 0.717) is 11.5 Å².